The van der Waals surface area contributed by atoms with E-state index in [-0.39, 0.29) is 35.2 Å². The first kappa shape index (κ1) is 30.3. The molecule has 8 heteroatoms. The maximum atomic E-state index is 14.1. The minimum atomic E-state index is -0.640. The van der Waals surface area contributed by atoms with Crippen molar-refractivity contribution in [2.75, 3.05) is 26.7 Å². The Kier molecular flexibility index (Phi) is 9.06. The van der Waals surface area contributed by atoms with Crippen LogP contribution in [0.3, 0.4) is 0 Å². The van der Waals surface area contributed by atoms with Gasteiger partial charge in [0.15, 0.2) is 0 Å². The minimum Gasteiger partial charge on any atom is -0.351 e. The standard InChI is InChI=1S/C33H49ClN4O3/c1-32(2,3)36-31(41)33(24-8-6-5-7-9-24)14-16-38(17-15-33)30(40)27(19-22-10-12-25(34)13-11-22)35-29(39)26-18-23-20-28(26)37(4)21-23/h10-13,23-24,26-28H,5-9,14-21H2,1-4H3,(H,35,39)(H,36,41)/t23-,26+,27-,28-/m1/s1. The van der Waals surface area contributed by atoms with Crippen molar-refractivity contribution in [2.24, 2.45) is 23.2 Å². The van der Waals surface area contributed by atoms with Crippen molar-refractivity contribution in [3.63, 3.8) is 0 Å². The summed E-state index contributed by atoms with van der Waals surface area (Å²) in [5.41, 5.74) is 0.233. The normalized spacial score (nSPS) is 27.4. The molecule has 226 valence electrons. The van der Waals surface area contributed by atoms with Crippen LogP contribution in [0.5, 0.6) is 0 Å². The van der Waals surface area contributed by atoms with Crippen LogP contribution < -0.4 is 10.6 Å². The third-order valence-electron chi connectivity index (χ3n) is 10.3. The van der Waals surface area contributed by atoms with E-state index in [2.05, 4.69) is 22.6 Å². The Hall–Kier alpha value is -2.12. The number of halogens is 1. The topological polar surface area (TPSA) is 81.8 Å². The number of nitrogens with zero attached hydrogens (tertiary/aromatic N) is 2. The van der Waals surface area contributed by atoms with Gasteiger partial charge in [-0.2, -0.15) is 0 Å². The highest BCUT2D eigenvalue weighted by molar-refractivity contribution is 6.30. The molecule has 2 saturated carbocycles. The molecule has 7 nitrogen and oxygen atoms in total. The first-order valence-electron chi connectivity index (χ1n) is 15.8. The van der Waals surface area contributed by atoms with Crippen LogP contribution >= 0.6 is 11.6 Å². The number of amides is 3. The number of hydrogen-bond donors (Lipinski definition) is 2. The van der Waals surface area contributed by atoms with Crippen LogP contribution in [0.15, 0.2) is 24.3 Å². The highest BCUT2D eigenvalue weighted by Crippen LogP contribution is 2.46. The molecule has 0 aromatic heterocycles. The Bertz CT molecular complexity index is 1100. The van der Waals surface area contributed by atoms with E-state index in [1.54, 1.807) is 0 Å². The number of piperidine rings is 2. The molecular weight excluding hydrogens is 536 g/mol. The summed E-state index contributed by atoms with van der Waals surface area (Å²) in [6.07, 6.45) is 9.48. The van der Waals surface area contributed by atoms with Crippen LogP contribution in [-0.2, 0) is 20.8 Å². The third kappa shape index (κ3) is 6.77. The zero-order valence-corrected chi connectivity index (χ0v) is 26.1. The highest BCUT2D eigenvalue weighted by atomic mass is 35.5. The van der Waals surface area contributed by atoms with Crippen LogP contribution in [0.2, 0.25) is 5.02 Å². The molecule has 0 radical (unpaired) electrons. The van der Waals surface area contributed by atoms with E-state index in [1.165, 1.54) is 19.3 Å². The molecule has 1 aromatic rings. The lowest BCUT2D eigenvalue weighted by Crippen LogP contribution is -2.59. The SMILES string of the molecule is CN1C[C@@H]2C[C@H](C(=O)N[C@H](Cc3ccc(Cl)cc3)C(=O)N3CCC(C(=O)NC(C)(C)C)(C4CCCCC4)CC3)[C@H]1C2. The second-order valence-electron chi connectivity index (χ2n) is 14.4. The number of carbonyl (C=O) groups is 3. The van der Waals surface area contributed by atoms with Gasteiger partial charge >= 0.3 is 0 Å². The summed E-state index contributed by atoms with van der Waals surface area (Å²) >= 11 is 6.13. The van der Waals surface area contributed by atoms with Gasteiger partial charge in [-0.05, 0) is 95.9 Å². The summed E-state index contributed by atoms with van der Waals surface area (Å²) in [4.78, 5) is 45.7. The van der Waals surface area contributed by atoms with Crippen molar-refractivity contribution in [1.29, 1.82) is 0 Å². The van der Waals surface area contributed by atoms with Crippen molar-refractivity contribution >= 4 is 29.3 Å². The van der Waals surface area contributed by atoms with Crippen molar-refractivity contribution in [2.45, 2.75) is 103 Å². The van der Waals surface area contributed by atoms with Gasteiger partial charge in [-0.1, -0.05) is 43.0 Å². The van der Waals surface area contributed by atoms with Crippen molar-refractivity contribution in [3.05, 3.63) is 34.9 Å². The van der Waals surface area contributed by atoms with Gasteiger partial charge in [-0.15, -0.1) is 0 Å². The predicted molar refractivity (Wildman–Crippen MR) is 162 cm³/mol. The molecule has 2 aliphatic heterocycles. The lowest BCUT2D eigenvalue weighted by molar-refractivity contribution is -0.147. The van der Waals surface area contributed by atoms with Gasteiger partial charge in [0, 0.05) is 42.7 Å². The van der Waals surface area contributed by atoms with Gasteiger partial charge < -0.3 is 20.4 Å². The smallest absolute Gasteiger partial charge is 0.245 e. The van der Waals surface area contributed by atoms with E-state index < -0.39 is 11.5 Å². The average molecular weight is 585 g/mol. The molecule has 41 heavy (non-hydrogen) atoms. The highest BCUT2D eigenvalue weighted by Gasteiger charge is 2.50. The second kappa shape index (κ2) is 12.2. The minimum absolute atomic E-state index is 0.00511. The maximum absolute atomic E-state index is 14.1. The first-order chi connectivity index (χ1) is 19.4. The van der Waals surface area contributed by atoms with E-state index in [1.807, 2.05) is 49.9 Å². The van der Waals surface area contributed by atoms with Crippen LogP contribution in [-0.4, -0.2) is 71.8 Å². The quantitative estimate of drug-likeness (QED) is 0.482. The zero-order chi connectivity index (χ0) is 29.4. The van der Waals surface area contributed by atoms with Gasteiger partial charge in [0.2, 0.25) is 17.7 Å². The number of likely N-dealkylation sites (tertiary alicyclic amines) is 2. The molecule has 2 saturated heterocycles. The zero-order valence-electron chi connectivity index (χ0n) is 25.4. The molecule has 2 N–H and O–H groups in total. The Morgan fingerprint density at radius 1 is 1.02 bits per heavy atom. The van der Waals surface area contributed by atoms with Gasteiger partial charge in [0.1, 0.15) is 6.04 Å². The number of benzene rings is 1. The molecule has 4 atom stereocenters. The lowest BCUT2D eigenvalue weighted by atomic mass is 9.63. The molecule has 1 aromatic carbocycles. The molecule has 0 spiro atoms. The van der Waals surface area contributed by atoms with E-state index >= 15 is 0 Å². The van der Waals surface area contributed by atoms with Crippen LogP contribution in [0.4, 0.5) is 0 Å². The van der Waals surface area contributed by atoms with Gasteiger partial charge in [0.05, 0.1) is 11.3 Å². The van der Waals surface area contributed by atoms with Crippen LogP contribution in [0.25, 0.3) is 0 Å². The fraction of sp³-hybridized carbons (Fsp3) is 0.727. The lowest BCUT2D eigenvalue weighted by Gasteiger charge is -2.48. The Morgan fingerprint density at radius 3 is 2.27 bits per heavy atom. The Morgan fingerprint density at radius 2 is 1.68 bits per heavy atom. The van der Waals surface area contributed by atoms with Gasteiger partial charge in [0.25, 0.3) is 0 Å². The van der Waals surface area contributed by atoms with Crippen molar-refractivity contribution in [3.8, 4) is 0 Å². The van der Waals surface area contributed by atoms with Gasteiger partial charge in [-0.3, -0.25) is 14.4 Å². The summed E-state index contributed by atoms with van der Waals surface area (Å²) < 4.78 is 0. The summed E-state index contributed by atoms with van der Waals surface area (Å²) in [5, 5.41) is 7.13. The third-order valence-corrected chi connectivity index (χ3v) is 10.6. The second-order valence-corrected chi connectivity index (χ2v) is 14.8. The fourth-order valence-electron chi connectivity index (χ4n) is 8.20. The van der Waals surface area contributed by atoms with E-state index in [4.69, 9.17) is 11.6 Å². The number of rotatable bonds is 7. The molecule has 5 rings (SSSR count). The fourth-order valence-corrected chi connectivity index (χ4v) is 8.33. The molecule has 4 fully saturated rings. The van der Waals surface area contributed by atoms with Crippen LogP contribution in [0.1, 0.15) is 84.1 Å². The van der Waals surface area contributed by atoms with E-state index in [0.717, 1.165) is 37.8 Å². The number of nitrogens with one attached hydrogen (secondary N) is 2. The van der Waals surface area contributed by atoms with E-state index in [0.29, 0.717) is 49.2 Å². The first-order valence-corrected chi connectivity index (χ1v) is 16.2. The molecule has 0 unspecified atom stereocenters. The Balaban J connectivity index is 1.31. The number of carbonyl (C=O) groups excluding carboxylic acids is 3. The molecule has 2 aliphatic carbocycles. The molecular formula is C33H49ClN4O3. The molecule has 4 aliphatic rings. The number of fused-ring (bicyclic) bond motifs is 2. The Labute approximate surface area is 251 Å². The van der Waals surface area contributed by atoms with Crippen LogP contribution in [0, 0.1) is 23.2 Å². The largest absolute Gasteiger partial charge is 0.351 e. The molecule has 2 bridgehead atoms. The van der Waals surface area contributed by atoms with E-state index in [9.17, 15) is 14.4 Å². The number of hydrogen-bond acceptors (Lipinski definition) is 4. The maximum Gasteiger partial charge on any atom is 0.245 e. The molecule has 2 heterocycles. The summed E-state index contributed by atoms with van der Waals surface area (Å²) in [7, 11) is 2.10. The van der Waals surface area contributed by atoms with Crippen molar-refractivity contribution < 1.29 is 14.4 Å². The molecule has 3 amide bonds. The monoisotopic (exact) mass is 584 g/mol. The average Bonchev–Trinajstić information content (AvgIpc) is 3.53. The van der Waals surface area contributed by atoms with Gasteiger partial charge in [-0.25, -0.2) is 0 Å². The summed E-state index contributed by atoms with van der Waals surface area (Å²) in [5.74, 6) is 0.958. The predicted octanol–water partition coefficient (Wildman–Crippen LogP) is 4.81. The van der Waals surface area contributed by atoms with Crippen molar-refractivity contribution in [1.82, 2.24) is 20.4 Å². The summed E-state index contributed by atoms with van der Waals surface area (Å²) in [6, 6.07) is 7.15. The summed E-state index contributed by atoms with van der Waals surface area (Å²) in [6.45, 7) is 8.25.